The van der Waals surface area contributed by atoms with Crippen LogP contribution >= 0.6 is 0 Å². The lowest BCUT2D eigenvalue weighted by Gasteiger charge is -2.33. The molecule has 138 valence electrons. The molecule has 0 N–H and O–H groups in total. The Morgan fingerprint density at radius 2 is 2.00 bits per heavy atom. The van der Waals surface area contributed by atoms with Gasteiger partial charge in [0.25, 0.3) is 0 Å². The molecule has 1 unspecified atom stereocenters. The molecule has 1 aromatic heterocycles. The van der Waals surface area contributed by atoms with Crippen LogP contribution in [0.3, 0.4) is 0 Å². The van der Waals surface area contributed by atoms with Gasteiger partial charge in [0.15, 0.2) is 0 Å². The number of hydrogen-bond acceptors (Lipinski definition) is 4. The molecular weight excluding hydrogens is 310 g/mol. The van der Waals surface area contributed by atoms with Gasteiger partial charge in [0.1, 0.15) is 5.84 Å². The maximum absolute atomic E-state index is 4.67. The fourth-order valence-electron chi connectivity index (χ4n) is 3.33. The van der Waals surface area contributed by atoms with Crippen LogP contribution < -0.4 is 0 Å². The number of pyridine rings is 1. The van der Waals surface area contributed by atoms with Gasteiger partial charge in [-0.15, -0.1) is 0 Å². The Morgan fingerprint density at radius 1 is 1.24 bits per heavy atom. The van der Waals surface area contributed by atoms with Crippen LogP contribution in [-0.4, -0.2) is 80.4 Å². The van der Waals surface area contributed by atoms with Crippen molar-refractivity contribution in [3.05, 3.63) is 41.7 Å². The highest BCUT2D eigenvalue weighted by Crippen LogP contribution is 2.31. The van der Waals surface area contributed by atoms with Crippen molar-refractivity contribution in [3.63, 3.8) is 0 Å². The summed E-state index contributed by atoms with van der Waals surface area (Å²) in [6.07, 6.45) is 9.89. The minimum Gasteiger partial charge on any atom is -0.359 e. The summed E-state index contributed by atoms with van der Waals surface area (Å²) in [4.78, 5) is 16.0. The SMILES string of the molecule is CN=C(CN(C)C1CCCc2cccnc21)N(C)C/C=C\CN(C)C. The number of fused-ring (bicyclic) bond motifs is 1. The van der Waals surface area contributed by atoms with Crippen molar-refractivity contribution in [1.29, 1.82) is 0 Å². The number of hydrogen-bond donors (Lipinski definition) is 0. The lowest BCUT2D eigenvalue weighted by atomic mass is 9.91. The second kappa shape index (κ2) is 9.68. The molecule has 0 spiro atoms. The van der Waals surface area contributed by atoms with E-state index in [-0.39, 0.29) is 0 Å². The second-order valence-corrected chi connectivity index (χ2v) is 7.12. The van der Waals surface area contributed by atoms with Crippen molar-refractivity contribution in [2.75, 3.05) is 54.9 Å². The number of aliphatic imine (C=N–C) groups is 1. The summed E-state index contributed by atoms with van der Waals surface area (Å²) in [7, 11) is 10.4. The van der Waals surface area contributed by atoms with Gasteiger partial charge in [-0.1, -0.05) is 18.2 Å². The molecule has 0 bridgehead atoms. The lowest BCUT2D eigenvalue weighted by Crippen LogP contribution is -2.39. The van der Waals surface area contributed by atoms with Gasteiger partial charge < -0.3 is 9.80 Å². The molecule has 0 radical (unpaired) electrons. The average Bonchev–Trinajstić information content (AvgIpc) is 2.62. The van der Waals surface area contributed by atoms with Crippen LogP contribution in [-0.2, 0) is 6.42 Å². The molecule has 0 saturated heterocycles. The predicted molar refractivity (Wildman–Crippen MR) is 106 cm³/mol. The van der Waals surface area contributed by atoms with Crippen molar-refractivity contribution in [3.8, 4) is 0 Å². The third-order valence-corrected chi connectivity index (χ3v) is 4.80. The first-order valence-electron chi connectivity index (χ1n) is 9.13. The third kappa shape index (κ3) is 5.65. The van der Waals surface area contributed by atoms with E-state index in [1.54, 1.807) is 0 Å². The third-order valence-electron chi connectivity index (χ3n) is 4.80. The van der Waals surface area contributed by atoms with E-state index in [1.165, 1.54) is 24.1 Å². The Bertz CT molecular complexity index is 594. The molecule has 1 aliphatic carbocycles. The van der Waals surface area contributed by atoms with Crippen LogP contribution in [0.15, 0.2) is 35.5 Å². The highest BCUT2D eigenvalue weighted by molar-refractivity contribution is 5.84. The van der Waals surface area contributed by atoms with Gasteiger partial charge in [0.2, 0.25) is 0 Å². The largest absolute Gasteiger partial charge is 0.359 e. The Labute approximate surface area is 153 Å². The standard InChI is InChI=1S/C20H33N5/c1-21-19(24(4)15-7-6-14-23(2)3)16-25(5)18-12-8-10-17-11-9-13-22-20(17)18/h6-7,9,11,13,18H,8,10,12,14-16H2,1-5H3/b7-6-,21-19?. The summed E-state index contributed by atoms with van der Waals surface area (Å²) in [6, 6.07) is 4.66. The number of aryl methyl sites for hydroxylation is 1. The van der Waals surface area contributed by atoms with E-state index in [1.807, 2.05) is 19.3 Å². The van der Waals surface area contributed by atoms with Crippen LogP contribution in [0.1, 0.15) is 30.1 Å². The number of nitrogens with zero attached hydrogens (tertiary/aromatic N) is 5. The van der Waals surface area contributed by atoms with E-state index in [9.17, 15) is 0 Å². The highest BCUT2D eigenvalue weighted by Gasteiger charge is 2.25. The first-order chi connectivity index (χ1) is 12.0. The fraction of sp³-hybridized carbons (Fsp3) is 0.600. The summed E-state index contributed by atoms with van der Waals surface area (Å²) >= 11 is 0. The van der Waals surface area contributed by atoms with E-state index in [4.69, 9.17) is 0 Å². The predicted octanol–water partition coefficient (Wildman–Crippen LogP) is 2.47. The van der Waals surface area contributed by atoms with Gasteiger partial charge in [-0.25, -0.2) is 0 Å². The van der Waals surface area contributed by atoms with Gasteiger partial charge in [-0.05, 0) is 52.0 Å². The van der Waals surface area contributed by atoms with Gasteiger partial charge in [0, 0.05) is 33.4 Å². The molecule has 25 heavy (non-hydrogen) atoms. The van der Waals surface area contributed by atoms with Gasteiger partial charge in [-0.3, -0.25) is 14.9 Å². The molecular formula is C20H33N5. The Morgan fingerprint density at radius 3 is 2.72 bits per heavy atom. The Balaban J connectivity index is 1.96. The van der Waals surface area contributed by atoms with E-state index in [0.717, 1.165) is 31.9 Å². The van der Waals surface area contributed by atoms with Crippen LogP contribution in [0, 0.1) is 0 Å². The lowest BCUT2D eigenvalue weighted by molar-refractivity contribution is 0.238. The molecule has 5 nitrogen and oxygen atoms in total. The Kier molecular flexibility index (Phi) is 7.59. The molecule has 2 rings (SSSR count). The molecule has 0 aliphatic heterocycles. The molecule has 1 aromatic rings. The van der Waals surface area contributed by atoms with E-state index >= 15 is 0 Å². The zero-order valence-electron chi connectivity index (χ0n) is 16.4. The van der Waals surface area contributed by atoms with Gasteiger partial charge in [0.05, 0.1) is 18.3 Å². The van der Waals surface area contributed by atoms with Crippen LogP contribution in [0.2, 0.25) is 0 Å². The van der Waals surface area contributed by atoms with Gasteiger partial charge >= 0.3 is 0 Å². The average molecular weight is 344 g/mol. The van der Waals surface area contributed by atoms with E-state index in [2.05, 4.69) is 71.1 Å². The molecule has 0 aromatic carbocycles. The maximum Gasteiger partial charge on any atom is 0.113 e. The molecule has 1 atom stereocenters. The Hall–Kier alpha value is -1.72. The summed E-state index contributed by atoms with van der Waals surface area (Å²) in [5, 5.41) is 0. The smallest absolute Gasteiger partial charge is 0.113 e. The molecule has 1 aliphatic rings. The summed E-state index contributed by atoms with van der Waals surface area (Å²) in [5.41, 5.74) is 2.65. The van der Waals surface area contributed by atoms with Crippen molar-refractivity contribution < 1.29 is 0 Å². The molecule has 0 saturated carbocycles. The van der Waals surface area contributed by atoms with Gasteiger partial charge in [-0.2, -0.15) is 0 Å². The summed E-state index contributed by atoms with van der Waals surface area (Å²) < 4.78 is 0. The fourth-order valence-corrected chi connectivity index (χ4v) is 3.33. The molecule has 1 heterocycles. The first-order valence-corrected chi connectivity index (χ1v) is 9.13. The quantitative estimate of drug-likeness (QED) is 0.433. The summed E-state index contributed by atoms with van der Waals surface area (Å²) in [5.74, 6) is 1.11. The van der Waals surface area contributed by atoms with Crippen LogP contribution in [0.25, 0.3) is 0 Å². The highest BCUT2D eigenvalue weighted by atomic mass is 15.2. The number of rotatable bonds is 7. The monoisotopic (exact) mass is 343 g/mol. The zero-order chi connectivity index (χ0) is 18.2. The van der Waals surface area contributed by atoms with Crippen molar-refractivity contribution in [1.82, 2.24) is 19.7 Å². The molecule has 0 fully saturated rings. The van der Waals surface area contributed by atoms with Crippen LogP contribution in [0.4, 0.5) is 0 Å². The maximum atomic E-state index is 4.67. The number of likely N-dealkylation sites (N-methyl/N-ethyl adjacent to an activating group) is 3. The zero-order valence-corrected chi connectivity index (χ0v) is 16.4. The number of aromatic nitrogens is 1. The second-order valence-electron chi connectivity index (χ2n) is 7.12. The number of amidine groups is 1. The van der Waals surface area contributed by atoms with Crippen molar-refractivity contribution >= 4 is 5.84 Å². The van der Waals surface area contributed by atoms with Crippen molar-refractivity contribution in [2.45, 2.75) is 25.3 Å². The minimum absolute atomic E-state index is 0.388. The van der Waals surface area contributed by atoms with Crippen molar-refractivity contribution in [2.24, 2.45) is 4.99 Å². The van der Waals surface area contributed by atoms with E-state index in [0.29, 0.717) is 6.04 Å². The minimum atomic E-state index is 0.388. The summed E-state index contributed by atoms with van der Waals surface area (Å²) in [6.45, 7) is 2.69. The molecule has 0 amide bonds. The van der Waals surface area contributed by atoms with E-state index < -0.39 is 0 Å². The normalized spacial score (nSPS) is 18.2. The van der Waals surface area contributed by atoms with Crippen LogP contribution in [0.5, 0.6) is 0 Å². The first kappa shape index (κ1) is 19.6. The molecule has 5 heteroatoms. The topological polar surface area (TPSA) is 35.0 Å².